The summed E-state index contributed by atoms with van der Waals surface area (Å²) in [6.07, 6.45) is 1.98. The quantitative estimate of drug-likeness (QED) is 0.912. The molecule has 0 unspecified atom stereocenters. The number of hydrogen-bond acceptors (Lipinski definition) is 4. The molecule has 1 aromatic heterocycles. The maximum absolute atomic E-state index is 12.7. The fourth-order valence-corrected chi connectivity index (χ4v) is 2.68. The van der Waals surface area contributed by atoms with E-state index in [4.69, 9.17) is 9.52 Å². The first kappa shape index (κ1) is 15.3. The molecule has 0 radical (unpaired) electrons. The molecule has 2 aromatic rings. The number of carbonyl (C=O) groups is 2. The first-order valence-electron chi connectivity index (χ1n) is 7.51. The lowest BCUT2D eigenvalue weighted by atomic mass is 10.1. The number of benzene rings is 1. The van der Waals surface area contributed by atoms with Gasteiger partial charge in [0.05, 0.1) is 5.39 Å². The molecular formula is C17H17NO5. The predicted octanol–water partition coefficient (Wildman–Crippen LogP) is 2.04. The second kappa shape index (κ2) is 5.87. The smallest absolute Gasteiger partial charge is 0.344 e. The number of hydrogen-bond donors (Lipinski definition) is 1. The van der Waals surface area contributed by atoms with Gasteiger partial charge in [-0.25, -0.2) is 4.79 Å². The number of carbonyl (C=O) groups excluding carboxylic acids is 1. The Morgan fingerprint density at radius 2 is 1.91 bits per heavy atom. The summed E-state index contributed by atoms with van der Waals surface area (Å²) in [5, 5.41) is 10.1. The topological polar surface area (TPSA) is 87.8 Å². The maximum atomic E-state index is 12.7. The Kier molecular flexibility index (Phi) is 3.90. The van der Waals surface area contributed by atoms with E-state index in [0.717, 1.165) is 12.8 Å². The highest BCUT2D eigenvalue weighted by atomic mass is 16.4. The zero-order chi connectivity index (χ0) is 16.6. The van der Waals surface area contributed by atoms with Crippen molar-refractivity contribution in [1.82, 2.24) is 4.90 Å². The summed E-state index contributed by atoms with van der Waals surface area (Å²) in [6.45, 7) is 1.68. The molecule has 0 atom stereocenters. The second-order valence-electron chi connectivity index (χ2n) is 5.91. The van der Waals surface area contributed by atoms with Gasteiger partial charge in [0, 0.05) is 12.1 Å². The van der Waals surface area contributed by atoms with E-state index in [0.29, 0.717) is 28.8 Å². The molecule has 23 heavy (non-hydrogen) atoms. The highest BCUT2D eigenvalue weighted by Crippen LogP contribution is 2.30. The van der Waals surface area contributed by atoms with Crippen molar-refractivity contribution in [1.29, 1.82) is 0 Å². The van der Waals surface area contributed by atoms with E-state index in [2.05, 4.69) is 0 Å². The van der Waals surface area contributed by atoms with Crippen molar-refractivity contribution in [2.24, 2.45) is 5.92 Å². The van der Waals surface area contributed by atoms with E-state index in [-0.39, 0.29) is 5.76 Å². The minimum Gasteiger partial charge on any atom is -0.480 e. The van der Waals surface area contributed by atoms with Crippen LogP contribution in [0.4, 0.5) is 0 Å². The summed E-state index contributed by atoms with van der Waals surface area (Å²) in [4.78, 5) is 37.0. The van der Waals surface area contributed by atoms with Gasteiger partial charge in [0.15, 0.2) is 5.76 Å². The third-order valence-corrected chi connectivity index (χ3v) is 4.07. The Bertz CT molecular complexity index is 834. The Labute approximate surface area is 132 Å². The van der Waals surface area contributed by atoms with Crippen molar-refractivity contribution in [3.05, 3.63) is 46.0 Å². The second-order valence-corrected chi connectivity index (χ2v) is 5.91. The Balaban J connectivity index is 2.03. The van der Waals surface area contributed by atoms with Gasteiger partial charge in [0.25, 0.3) is 5.91 Å². The molecule has 6 nitrogen and oxygen atoms in total. The van der Waals surface area contributed by atoms with Gasteiger partial charge >= 0.3 is 11.6 Å². The minimum absolute atomic E-state index is 0.0735. The van der Waals surface area contributed by atoms with E-state index < -0.39 is 24.0 Å². The Morgan fingerprint density at radius 3 is 2.52 bits per heavy atom. The number of aryl methyl sites for hydroxylation is 1. The van der Waals surface area contributed by atoms with Crippen molar-refractivity contribution in [3.8, 4) is 0 Å². The SMILES string of the molecule is Cc1c(C(=O)N(CC(=O)O)CC2CC2)oc(=O)c2ccccc12. The van der Waals surface area contributed by atoms with Crippen LogP contribution in [0.15, 0.2) is 33.5 Å². The maximum Gasteiger partial charge on any atom is 0.344 e. The van der Waals surface area contributed by atoms with Gasteiger partial charge in [-0.1, -0.05) is 18.2 Å². The normalized spacial score (nSPS) is 14.0. The van der Waals surface area contributed by atoms with Crippen LogP contribution in [0.5, 0.6) is 0 Å². The first-order valence-corrected chi connectivity index (χ1v) is 7.51. The van der Waals surface area contributed by atoms with E-state index in [1.165, 1.54) is 4.90 Å². The molecule has 0 spiro atoms. The van der Waals surface area contributed by atoms with Crippen LogP contribution >= 0.6 is 0 Å². The van der Waals surface area contributed by atoms with Crippen LogP contribution < -0.4 is 5.63 Å². The standard InChI is InChI=1S/C17H17NO5/c1-10-12-4-2-3-5-13(12)17(22)23-15(10)16(21)18(9-14(19)20)8-11-6-7-11/h2-5,11H,6-9H2,1H3,(H,19,20). The average molecular weight is 315 g/mol. The van der Waals surface area contributed by atoms with E-state index in [1.807, 2.05) is 0 Å². The summed E-state index contributed by atoms with van der Waals surface area (Å²) in [7, 11) is 0. The largest absolute Gasteiger partial charge is 0.480 e. The van der Waals surface area contributed by atoms with Crippen LogP contribution in [0.3, 0.4) is 0 Å². The van der Waals surface area contributed by atoms with Gasteiger partial charge in [-0.05, 0) is 37.1 Å². The lowest BCUT2D eigenvalue weighted by Crippen LogP contribution is -2.38. The molecule has 0 saturated heterocycles. The fourth-order valence-electron chi connectivity index (χ4n) is 2.68. The van der Waals surface area contributed by atoms with Gasteiger partial charge in [-0.3, -0.25) is 9.59 Å². The molecule has 1 aliphatic carbocycles. The predicted molar refractivity (Wildman–Crippen MR) is 83.5 cm³/mol. The molecule has 0 aliphatic heterocycles. The lowest BCUT2D eigenvalue weighted by molar-refractivity contribution is -0.137. The van der Waals surface area contributed by atoms with Crippen LogP contribution in [-0.2, 0) is 4.79 Å². The van der Waals surface area contributed by atoms with Crippen LogP contribution in [0.1, 0.15) is 29.0 Å². The Morgan fingerprint density at radius 1 is 1.26 bits per heavy atom. The van der Waals surface area contributed by atoms with Crippen LogP contribution in [0.2, 0.25) is 0 Å². The molecule has 1 fully saturated rings. The minimum atomic E-state index is -1.08. The summed E-state index contributed by atoms with van der Waals surface area (Å²) < 4.78 is 5.21. The number of nitrogens with zero attached hydrogens (tertiary/aromatic N) is 1. The molecular weight excluding hydrogens is 298 g/mol. The summed E-state index contributed by atoms with van der Waals surface area (Å²) in [5.41, 5.74) is -0.0346. The van der Waals surface area contributed by atoms with Crippen LogP contribution in [0, 0.1) is 12.8 Å². The number of carboxylic acids is 1. The number of amides is 1. The zero-order valence-corrected chi connectivity index (χ0v) is 12.7. The van der Waals surface area contributed by atoms with E-state index in [9.17, 15) is 14.4 Å². The molecule has 1 aromatic carbocycles. The number of fused-ring (bicyclic) bond motifs is 1. The molecule has 6 heteroatoms. The Hall–Kier alpha value is -2.63. The molecule has 1 aliphatic rings. The van der Waals surface area contributed by atoms with Gasteiger partial charge in [-0.2, -0.15) is 0 Å². The van der Waals surface area contributed by atoms with E-state index >= 15 is 0 Å². The monoisotopic (exact) mass is 315 g/mol. The molecule has 1 saturated carbocycles. The van der Waals surface area contributed by atoms with Gasteiger partial charge in [0.2, 0.25) is 0 Å². The van der Waals surface area contributed by atoms with Gasteiger partial charge < -0.3 is 14.4 Å². The molecule has 1 N–H and O–H groups in total. The molecule has 1 heterocycles. The molecule has 120 valence electrons. The summed E-state index contributed by atoms with van der Waals surface area (Å²) >= 11 is 0. The molecule has 1 amide bonds. The third kappa shape index (κ3) is 3.11. The van der Waals surface area contributed by atoms with Crippen molar-refractivity contribution in [2.75, 3.05) is 13.1 Å². The zero-order valence-electron chi connectivity index (χ0n) is 12.7. The van der Waals surface area contributed by atoms with E-state index in [1.54, 1.807) is 31.2 Å². The van der Waals surface area contributed by atoms with Crippen molar-refractivity contribution in [3.63, 3.8) is 0 Å². The molecule has 0 bridgehead atoms. The first-order chi connectivity index (χ1) is 11.0. The highest BCUT2D eigenvalue weighted by Gasteiger charge is 2.30. The lowest BCUT2D eigenvalue weighted by Gasteiger charge is -2.20. The third-order valence-electron chi connectivity index (χ3n) is 4.07. The number of carboxylic acid groups (broad SMARTS) is 1. The van der Waals surface area contributed by atoms with Crippen LogP contribution in [0.25, 0.3) is 10.8 Å². The van der Waals surface area contributed by atoms with Crippen molar-refractivity contribution in [2.45, 2.75) is 19.8 Å². The van der Waals surface area contributed by atoms with Crippen molar-refractivity contribution < 1.29 is 19.1 Å². The van der Waals surface area contributed by atoms with Crippen LogP contribution in [-0.4, -0.2) is 35.0 Å². The number of aliphatic carboxylic acids is 1. The molecule has 3 rings (SSSR count). The van der Waals surface area contributed by atoms with Crippen molar-refractivity contribution >= 4 is 22.6 Å². The highest BCUT2D eigenvalue weighted by molar-refractivity contribution is 5.99. The van der Waals surface area contributed by atoms with Gasteiger partial charge in [-0.15, -0.1) is 0 Å². The summed E-state index contributed by atoms with van der Waals surface area (Å²) in [5.74, 6) is -1.36. The summed E-state index contributed by atoms with van der Waals surface area (Å²) in [6, 6.07) is 6.90. The van der Waals surface area contributed by atoms with Gasteiger partial charge in [0.1, 0.15) is 6.54 Å². The average Bonchev–Trinajstić information content (AvgIpc) is 3.33. The fraction of sp³-hybridized carbons (Fsp3) is 0.353. The number of rotatable bonds is 5.